The second-order valence-electron chi connectivity index (χ2n) is 5.01. The monoisotopic (exact) mass is 346 g/mol. The summed E-state index contributed by atoms with van der Waals surface area (Å²) in [5, 5.41) is 0.245. The first-order chi connectivity index (χ1) is 10.3. The first-order valence-electron chi connectivity index (χ1n) is 6.53. The lowest BCUT2D eigenvalue weighted by Crippen LogP contribution is -2.40. The van der Waals surface area contributed by atoms with Crippen LogP contribution in [0.2, 0.25) is 5.15 Å². The summed E-state index contributed by atoms with van der Waals surface area (Å²) >= 11 is 5.61. The minimum absolute atomic E-state index is 0.0513. The van der Waals surface area contributed by atoms with Crippen molar-refractivity contribution in [1.29, 1.82) is 0 Å². The zero-order valence-electron chi connectivity index (χ0n) is 11.9. The number of halogens is 1. The molecule has 0 aliphatic carbocycles. The molecule has 0 radical (unpaired) electrons. The molecule has 2 heterocycles. The maximum Gasteiger partial charge on any atom is 0.340 e. The molecule has 0 N–H and O–H groups in total. The lowest BCUT2D eigenvalue weighted by Gasteiger charge is -2.23. The molecule has 1 fully saturated rings. The Hall–Kier alpha value is -1.67. The van der Waals surface area contributed by atoms with E-state index in [0.29, 0.717) is 6.42 Å². The Balaban J connectivity index is 1.87. The van der Waals surface area contributed by atoms with Gasteiger partial charge >= 0.3 is 5.97 Å². The van der Waals surface area contributed by atoms with Crippen molar-refractivity contribution in [1.82, 2.24) is 9.88 Å². The summed E-state index contributed by atoms with van der Waals surface area (Å²) in [6.07, 6.45) is 1.65. The molecule has 9 heteroatoms. The zero-order valence-corrected chi connectivity index (χ0v) is 13.4. The van der Waals surface area contributed by atoms with Gasteiger partial charge in [-0.15, -0.1) is 0 Å². The average Bonchev–Trinajstić information content (AvgIpc) is 2.84. The molecule has 1 atom stereocenters. The minimum atomic E-state index is -3.07. The van der Waals surface area contributed by atoms with Gasteiger partial charge in [0.1, 0.15) is 5.15 Å². The largest absolute Gasteiger partial charge is 0.452 e. The Kier molecular flexibility index (Phi) is 5.02. The van der Waals surface area contributed by atoms with Gasteiger partial charge < -0.3 is 9.64 Å². The quantitative estimate of drug-likeness (QED) is 0.583. The van der Waals surface area contributed by atoms with E-state index in [1.165, 1.54) is 30.3 Å². The number of aromatic nitrogens is 1. The topological polar surface area (TPSA) is 93.6 Å². The second kappa shape index (κ2) is 6.62. The number of carbonyl (C=O) groups is 2. The molecule has 1 aliphatic rings. The van der Waals surface area contributed by atoms with Crippen LogP contribution < -0.4 is 0 Å². The highest BCUT2D eigenvalue weighted by molar-refractivity contribution is 7.91. The predicted octanol–water partition coefficient (Wildman–Crippen LogP) is 0.537. The lowest BCUT2D eigenvalue weighted by atomic mass is 10.2. The van der Waals surface area contributed by atoms with Crippen LogP contribution in [0.25, 0.3) is 0 Å². The molecule has 2 rings (SSSR count). The van der Waals surface area contributed by atoms with Crippen molar-refractivity contribution in [3.05, 3.63) is 29.0 Å². The van der Waals surface area contributed by atoms with Gasteiger partial charge in [-0.25, -0.2) is 18.2 Å². The highest BCUT2D eigenvalue weighted by Crippen LogP contribution is 2.16. The van der Waals surface area contributed by atoms with E-state index in [2.05, 4.69) is 4.98 Å². The average molecular weight is 347 g/mol. The number of sulfone groups is 1. The molecule has 120 valence electrons. The van der Waals surface area contributed by atoms with E-state index < -0.39 is 28.3 Å². The molecule has 0 bridgehead atoms. The molecule has 1 amide bonds. The fraction of sp³-hybridized carbons (Fsp3) is 0.462. The number of esters is 1. The van der Waals surface area contributed by atoms with Crippen LogP contribution in [0.1, 0.15) is 16.8 Å². The number of pyridine rings is 1. The molecule has 1 saturated heterocycles. The Labute approximate surface area is 133 Å². The molecule has 7 nitrogen and oxygen atoms in total. The van der Waals surface area contributed by atoms with Crippen molar-refractivity contribution >= 4 is 33.3 Å². The van der Waals surface area contributed by atoms with Crippen molar-refractivity contribution in [2.45, 2.75) is 12.5 Å². The van der Waals surface area contributed by atoms with Crippen LogP contribution in [0.15, 0.2) is 18.3 Å². The molecule has 22 heavy (non-hydrogen) atoms. The summed E-state index contributed by atoms with van der Waals surface area (Å²) < 4.78 is 27.7. The third-order valence-corrected chi connectivity index (χ3v) is 5.41. The fourth-order valence-corrected chi connectivity index (χ4v) is 3.98. The second-order valence-corrected chi connectivity index (χ2v) is 7.62. The standard InChI is InChI=1S/C13H15ClN2O5S/c1-16(10-4-5-22(19,20)8-10)12(17)7-21-13(18)9-2-3-11(14)15-6-9/h2-3,6,10H,4-5,7-8H2,1H3/t10-/m1/s1. The molecular weight excluding hydrogens is 332 g/mol. The van der Waals surface area contributed by atoms with Crippen LogP contribution >= 0.6 is 11.6 Å². The summed E-state index contributed by atoms with van der Waals surface area (Å²) in [6, 6.07) is 2.51. The maximum atomic E-state index is 11.9. The number of hydrogen-bond donors (Lipinski definition) is 0. The SMILES string of the molecule is CN(C(=O)COC(=O)c1ccc(Cl)nc1)[C@@H]1CCS(=O)(=O)C1. The highest BCUT2D eigenvalue weighted by Gasteiger charge is 2.32. The predicted molar refractivity (Wildman–Crippen MR) is 79.4 cm³/mol. The molecule has 0 saturated carbocycles. The van der Waals surface area contributed by atoms with Crippen LogP contribution in [0.4, 0.5) is 0 Å². The van der Waals surface area contributed by atoms with Gasteiger partial charge in [0.15, 0.2) is 16.4 Å². The number of nitrogens with zero attached hydrogens (tertiary/aromatic N) is 2. The maximum absolute atomic E-state index is 11.9. The third kappa shape index (κ3) is 4.17. The first-order valence-corrected chi connectivity index (χ1v) is 8.73. The van der Waals surface area contributed by atoms with Gasteiger partial charge in [-0.3, -0.25) is 4.79 Å². The van der Waals surface area contributed by atoms with Crippen LogP contribution in [-0.4, -0.2) is 61.4 Å². The van der Waals surface area contributed by atoms with Crippen molar-refractivity contribution in [3.8, 4) is 0 Å². The first kappa shape index (κ1) is 16.7. The smallest absolute Gasteiger partial charge is 0.340 e. The van der Waals surface area contributed by atoms with E-state index in [9.17, 15) is 18.0 Å². The third-order valence-electron chi connectivity index (χ3n) is 3.44. The van der Waals surface area contributed by atoms with Gasteiger partial charge in [0, 0.05) is 19.3 Å². The van der Waals surface area contributed by atoms with Crippen LogP contribution in [0.3, 0.4) is 0 Å². The molecule has 0 unspecified atom stereocenters. The Morgan fingerprint density at radius 3 is 2.73 bits per heavy atom. The Morgan fingerprint density at radius 2 is 2.18 bits per heavy atom. The van der Waals surface area contributed by atoms with Gasteiger partial charge in [-0.1, -0.05) is 11.6 Å². The molecule has 1 aromatic rings. The molecule has 0 spiro atoms. The van der Waals surface area contributed by atoms with Crippen molar-refractivity contribution in [3.63, 3.8) is 0 Å². The van der Waals surface area contributed by atoms with Gasteiger partial charge in [0.25, 0.3) is 5.91 Å². The van der Waals surface area contributed by atoms with Gasteiger partial charge in [0.05, 0.1) is 17.1 Å². The summed E-state index contributed by atoms with van der Waals surface area (Å²) in [4.78, 5) is 28.7. The Morgan fingerprint density at radius 1 is 1.45 bits per heavy atom. The van der Waals surface area contributed by atoms with Crippen molar-refractivity contribution in [2.24, 2.45) is 0 Å². The summed E-state index contributed by atoms with van der Waals surface area (Å²) in [5.74, 6) is -1.11. The molecule has 1 aromatic heterocycles. The molecule has 0 aromatic carbocycles. The normalized spacial score (nSPS) is 19.6. The zero-order chi connectivity index (χ0) is 16.3. The van der Waals surface area contributed by atoms with Gasteiger partial charge in [-0.2, -0.15) is 0 Å². The van der Waals surface area contributed by atoms with Crippen molar-refractivity contribution < 1.29 is 22.7 Å². The Bertz CT molecular complexity index is 674. The number of rotatable bonds is 4. The summed E-state index contributed by atoms with van der Waals surface area (Å²) in [7, 11) is -1.57. The molecular formula is C13H15ClN2O5S. The van der Waals surface area contributed by atoms with Gasteiger partial charge in [0.2, 0.25) is 0 Å². The fourth-order valence-electron chi connectivity index (χ4n) is 2.09. The van der Waals surface area contributed by atoms with E-state index in [-0.39, 0.29) is 28.3 Å². The van der Waals surface area contributed by atoms with E-state index in [0.717, 1.165) is 0 Å². The van der Waals surface area contributed by atoms with Crippen molar-refractivity contribution in [2.75, 3.05) is 25.2 Å². The van der Waals surface area contributed by atoms with E-state index >= 15 is 0 Å². The van der Waals surface area contributed by atoms with E-state index in [1.807, 2.05) is 0 Å². The number of hydrogen-bond acceptors (Lipinski definition) is 6. The lowest BCUT2D eigenvalue weighted by molar-refractivity contribution is -0.134. The van der Waals surface area contributed by atoms with E-state index in [4.69, 9.17) is 16.3 Å². The van der Waals surface area contributed by atoms with Crippen LogP contribution in [0, 0.1) is 0 Å². The van der Waals surface area contributed by atoms with E-state index in [1.54, 1.807) is 0 Å². The van der Waals surface area contributed by atoms with Crippen LogP contribution in [-0.2, 0) is 19.4 Å². The summed E-state index contributed by atoms with van der Waals surface area (Å²) in [5.41, 5.74) is 0.184. The highest BCUT2D eigenvalue weighted by atomic mass is 35.5. The van der Waals surface area contributed by atoms with Crippen LogP contribution in [0.5, 0.6) is 0 Å². The number of amides is 1. The minimum Gasteiger partial charge on any atom is -0.452 e. The van der Waals surface area contributed by atoms with Gasteiger partial charge in [-0.05, 0) is 18.6 Å². The molecule has 1 aliphatic heterocycles. The number of ether oxygens (including phenoxy) is 1. The summed E-state index contributed by atoms with van der Waals surface area (Å²) in [6.45, 7) is -0.450. The number of likely N-dealkylation sites (N-methyl/N-ethyl adjacent to an activating group) is 1. The number of carbonyl (C=O) groups excluding carboxylic acids is 2.